The van der Waals surface area contributed by atoms with E-state index in [1.165, 1.54) is 16.7 Å². The quantitative estimate of drug-likeness (QED) is 0.338. The van der Waals surface area contributed by atoms with Crippen molar-refractivity contribution in [3.05, 3.63) is 131 Å². The third kappa shape index (κ3) is 5.04. The van der Waals surface area contributed by atoms with Crippen LogP contribution in [0.1, 0.15) is 27.8 Å². The molecule has 4 rings (SSSR count). The second-order valence-electron chi connectivity index (χ2n) is 6.89. The smallest absolute Gasteiger partial charge is 0.0249 e. The first-order valence-corrected chi connectivity index (χ1v) is 9.62. The second kappa shape index (κ2) is 8.79. The van der Waals surface area contributed by atoms with E-state index in [-0.39, 0.29) is 0 Å². The van der Waals surface area contributed by atoms with Crippen LogP contribution in [0.5, 0.6) is 0 Å². The Morgan fingerprint density at radius 1 is 0.379 bits per heavy atom. The summed E-state index contributed by atoms with van der Waals surface area (Å²) in [6.45, 7) is 2.08. The standard InChI is InChI=1S/C29H20/c1-23-7-9-25(10-8-23)13-14-27-17-21-29(22-18-27)28-19-15-26(16-20-28)12-11-24-5-3-2-4-6-24/h2-10,15-22H,1H3. The summed E-state index contributed by atoms with van der Waals surface area (Å²) in [6.07, 6.45) is 0. The molecular weight excluding hydrogens is 348 g/mol. The van der Waals surface area contributed by atoms with Crippen molar-refractivity contribution in [3.63, 3.8) is 0 Å². The van der Waals surface area contributed by atoms with E-state index in [0.29, 0.717) is 0 Å². The van der Waals surface area contributed by atoms with Crippen molar-refractivity contribution in [2.24, 2.45) is 0 Å². The van der Waals surface area contributed by atoms with Crippen molar-refractivity contribution in [1.29, 1.82) is 0 Å². The van der Waals surface area contributed by atoms with Crippen LogP contribution in [0.3, 0.4) is 0 Å². The van der Waals surface area contributed by atoms with Gasteiger partial charge >= 0.3 is 0 Å². The Morgan fingerprint density at radius 3 is 1.14 bits per heavy atom. The van der Waals surface area contributed by atoms with Gasteiger partial charge in [0.25, 0.3) is 0 Å². The maximum absolute atomic E-state index is 3.23. The van der Waals surface area contributed by atoms with Crippen molar-refractivity contribution >= 4 is 0 Å². The van der Waals surface area contributed by atoms with Crippen LogP contribution < -0.4 is 0 Å². The molecule has 0 bridgehead atoms. The van der Waals surface area contributed by atoms with E-state index in [0.717, 1.165) is 22.3 Å². The minimum absolute atomic E-state index is 1.01. The molecule has 0 saturated carbocycles. The van der Waals surface area contributed by atoms with Gasteiger partial charge in [-0.1, -0.05) is 83.8 Å². The van der Waals surface area contributed by atoms with Crippen LogP contribution in [-0.2, 0) is 0 Å². The molecule has 0 aliphatic carbocycles. The molecule has 0 unspecified atom stereocenters. The van der Waals surface area contributed by atoms with Crippen molar-refractivity contribution in [2.75, 3.05) is 0 Å². The molecule has 4 aromatic carbocycles. The lowest BCUT2D eigenvalue weighted by Gasteiger charge is -2.02. The number of hydrogen-bond acceptors (Lipinski definition) is 0. The fourth-order valence-corrected chi connectivity index (χ4v) is 2.94. The van der Waals surface area contributed by atoms with Gasteiger partial charge in [0.2, 0.25) is 0 Å². The fourth-order valence-electron chi connectivity index (χ4n) is 2.94. The highest BCUT2D eigenvalue weighted by Gasteiger charge is 1.98. The predicted octanol–water partition coefficient (Wildman–Crippen LogP) is 6.46. The zero-order valence-corrected chi connectivity index (χ0v) is 16.3. The van der Waals surface area contributed by atoms with Crippen LogP contribution in [0.25, 0.3) is 11.1 Å². The first-order valence-electron chi connectivity index (χ1n) is 9.62. The van der Waals surface area contributed by atoms with E-state index in [1.54, 1.807) is 0 Å². The van der Waals surface area contributed by atoms with Gasteiger partial charge in [-0.3, -0.25) is 0 Å². The molecule has 0 fully saturated rings. The normalized spacial score (nSPS) is 9.69. The molecule has 29 heavy (non-hydrogen) atoms. The van der Waals surface area contributed by atoms with Crippen LogP contribution >= 0.6 is 0 Å². The number of benzene rings is 4. The summed E-state index contributed by atoms with van der Waals surface area (Å²) in [4.78, 5) is 0. The van der Waals surface area contributed by atoms with Crippen LogP contribution in [-0.4, -0.2) is 0 Å². The third-order valence-electron chi connectivity index (χ3n) is 4.63. The lowest BCUT2D eigenvalue weighted by molar-refractivity contribution is 1.46. The molecule has 136 valence electrons. The topological polar surface area (TPSA) is 0 Å². The van der Waals surface area contributed by atoms with Gasteiger partial charge in [-0.2, -0.15) is 0 Å². The van der Waals surface area contributed by atoms with Gasteiger partial charge in [-0.05, 0) is 66.6 Å². The van der Waals surface area contributed by atoms with Crippen molar-refractivity contribution in [3.8, 4) is 34.8 Å². The number of rotatable bonds is 1. The van der Waals surface area contributed by atoms with E-state index >= 15 is 0 Å². The average Bonchev–Trinajstić information content (AvgIpc) is 2.79. The molecule has 0 N–H and O–H groups in total. The van der Waals surface area contributed by atoms with Gasteiger partial charge < -0.3 is 0 Å². The third-order valence-corrected chi connectivity index (χ3v) is 4.63. The van der Waals surface area contributed by atoms with Crippen molar-refractivity contribution < 1.29 is 0 Å². The summed E-state index contributed by atoms with van der Waals surface area (Å²) >= 11 is 0. The van der Waals surface area contributed by atoms with Crippen LogP contribution in [0.15, 0.2) is 103 Å². The van der Waals surface area contributed by atoms with E-state index in [4.69, 9.17) is 0 Å². The zero-order valence-electron chi connectivity index (χ0n) is 16.3. The van der Waals surface area contributed by atoms with E-state index < -0.39 is 0 Å². The second-order valence-corrected chi connectivity index (χ2v) is 6.89. The van der Waals surface area contributed by atoms with Gasteiger partial charge in [-0.25, -0.2) is 0 Å². The SMILES string of the molecule is Cc1ccc(C#Cc2ccc(-c3ccc(C#Cc4ccccc4)cc3)cc2)cc1. The highest BCUT2D eigenvalue weighted by atomic mass is 14.0. The Morgan fingerprint density at radius 2 is 0.724 bits per heavy atom. The van der Waals surface area contributed by atoms with Gasteiger partial charge in [-0.15, -0.1) is 0 Å². The highest BCUT2D eigenvalue weighted by molar-refractivity contribution is 5.65. The summed E-state index contributed by atoms with van der Waals surface area (Å²) in [5, 5.41) is 0. The van der Waals surface area contributed by atoms with Gasteiger partial charge in [0.15, 0.2) is 0 Å². The van der Waals surface area contributed by atoms with Gasteiger partial charge in [0.05, 0.1) is 0 Å². The largest absolute Gasteiger partial charge is 0.0622 e. The maximum Gasteiger partial charge on any atom is 0.0249 e. The van der Waals surface area contributed by atoms with E-state index in [1.807, 2.05) is 30.3 Å². The highest BCUT2D eigenvalue weighted by Crippen LogP contribution is 2.20. The summed E-state index contributed by atoms with van der Waals surface area (Å²) in [6, 6.07) is 35.0. The lowest BCUT2D eigenvalue weighted by Crippen LogP contribution is -1.81. The first-order chi connectivity index (χ1) is 14.3. The lowest BCUT2D eigenvalue weighted by atomic mass is 10.0. The van der Waals surface area contributed by atoms with Gasteiger partial charge in [0.1, 0.15) is 0 Å². The van der Waals surface area contributed by atoms with E-state index in [2.05, 4.69) is 103 Å². The zero-order chi connectivity index (χ0) is 19.9. The summed E-state index contributed by atoms with van der Waals surface area (Å²) in [5.74, 6) is 12.9. The molecule has 0 heterocycles. The molecule has 0 radical (unpaired) electrons. The molecule has 0 nitrogen and oxygen atoms in total. The predicted molar refractivity (Wildman–Crippen MR) is 121 cm³/mol. The molecule has 0 amide bonds. The number of aryl methyl sites for hydroxylation is 1. The molecule has 0 heteroatoms. The minimum Gasteiger partial charge on any atom is -0.0622 e. The molecule has 0 saturated heterocycles. The minimum atomic E-state index is 1.01. The Hall–Kier alpha value is -4.00. The van der Waals surface area contributed by atoms with Crippen LogP contribution in [0.4, 0.5) is 0 Å². The summed E-state index contributed by atoms with van der Waals surface area (Å²) in [7, 11) is 0. The molecular formula is C29H20. The average molecular weight is 368 g/mol. The van der Waals surface area contributed by atoms with E-state index in [9.17, 15) is 0 Å². The monoisotopic (exact) mass is 368 g/mol. The first kappa shape index (κ1) is 18.4. The Kier molecular flexibility index (Phi) is 5.57. The molecule has 0 aliphatic heterocycles. The Balaban J connectivity index is 1.47. The molecule has 0 aromatic heterocycles. The molecule has 0 atom stereocenters. The molecule has 0 aliphatic rings. The molecule has 0 spiro atoms. The maximum atomic E-state index is 3.23. The molecule has 4 aromatic rings. The fraction of sp³-hybridized carbons (Fsp3) is 0.0345. The van der Waals surface area contributed by atoms with Crippen LogP contribution in [0.2, 0.25) is 0 Å². The van der Waals surface area contributed by atoms with Gasteiger partial charge in [0, 0.05) is 22.3 Å². The Bertz CT molecular complexity index is 1200. The van der Waals surface area contributed by atoms with Crippen LogP contribution in [0, 0.1) is 30.6 Å². The summed E-state index contributed by atoms with van der Waals surface area (Å²) < 4.78 is 0. The van der Waals surface area contributed by atoms with Crippen molar-refractivity contribution in [2.45, 2.75) is 6.92 Å². The Labute approximate surface area is 172 Å². The van der Waals surface area contributed by atoms with Crippen molar-refractivity contribution in [1.82, 2.24) is 0 Å². The summed E-state index contributed by atoms with van der Waals surface area (Å²) in [5.41, 5.74) is 7.68. The number of hydrogen-bond donors (Lipinski definition) is 0.